The topological polar surface area (TPSA) is 68.0 Å². The minimum Gasteiger partial charge on any atom is -0.476 e. The van der Waals surface area contributed by atoms with Crippen LogP contribution < -0.4 is 0 Å². The molecule has 0 aliphatic carbocycles. The first-order valence-electron chi connectivity index (χ1n) is 6.13. The number of pyridine rings is 1. The summed E-state index contributed by atoms with van der Waals surface area (Å²) < 4.78 is 39.2. The monoisotopic (exact) mass is 299 g/mol. The standard InChI is InChI=1S/C13H12F3N3O2/c1-2-9-6-10(12(20)21)18-19(9)7-8-3-4-17-11(5-8)13(14,15)16/h3-6H,2,7H2,1H3,(H,20,21). The Labute approximate surface area is 118 Å². The molecule has 0 atom stereocenters. The SMILES string of the molecule is CCc1cc(C(=O)O)nn1Cc1ccnc(C(F)(F)F)c1. The van der Waals surface area contributed by atoms with E-state index in [1.54, 1.807) is 0 Å². The number of aromatic carboxylic acids is 1. The van der Waals surface area contributed by atoms with Gasteiger partial charge in [-0.15, -0.1) is 0 Å². The molecule has 2 rings (SSSR count). The van der Waals surface area contributed by atoms with Gasteiger partial charge in [-0.25, -0.2) is 4.79 Å². The number of hydrogen-bond acceptors (Lipinski definition) is 3. The molecule has 5 nitrogen and oxygen atoms in total. The van der Waals surface area contributed by atoms with Crippen molar-refractivity contribution in [2.24, 2.45) is 0 Å². The molecule has 0 saturated heterocycles. The smallest absolute Gasteiger partial charge is 0.433 e. The van der Waals surface area contributed by atoms with Gasteiger partial charge in [0.2, 0.25) is 0 Å². The summed E-state index contributed by atoms with van der Waals surface area (Å²) in [5.74, 6) is -1.17. The molecule has 2 aromatic rings. The van der Waals surface area contributed by atoms with Crippen molar-refractivity contribution in [2.45, 2.75) is 26.1 Å². The zero-order chi connectivity index (χ0) is 15.6. The van der Waals surface area contributed by atoms with Gasteiger partial charge in [0.25, 0.3) is 0 Å². The number of rotatable bonds is 4. The number of halogens is 3. The Morgan fingerprint density at radius 1 is 1.38 bits per heavy atom. The number of carbonyl (C=O) groups is 1. The second kappa shape index (κ2) is 5.55. The van der Waals surface area contributed by atoms with Crippen molar-refractivity contribution in [3.05, 3.63) is 47.0 Å². The van der Waals surface area contributed by atoms with Gasteiger partial charge in [0.1, 0.15) is 5.69 Å². The Morgan fingerprint density at radius 3 is 2.67 bits per heavy atom. The maximum atomic E-state index is 12.6. The van der Waals surface area contributed by atoms with E-state index in [0.29, 0.717) is 17.7 Å². The molecule has 0 unspecified atom stereocenters. The van der Waals surface area contributed by atoms with Gasteiger partial charge >= 0.3 is 12.1 Å². The summed E-state index contributed by atoms with van der Waals surface area (Å²) in [5.41, 5.74) is -0.120. The first kappa shape index (κ1) is 15.0. The van der Waals surface area contributed by atoms with Crippen molar-refractivity contribution in [3.8, 4) is 0 Å². The minimum absolute atomic E-state index is 0.0576. The molecule has 112 valence electrons. The molecule has 0 radical (unpaired) electrons. The second-order valence-electron chi connectivity index (χ2n) is 4.38. The Balaban J connectivity index is 2.32. The first-order chi connectivity index (χ1) is 9.81. The van der Waals surface area contributed by atoms with Crippen LogP contribution in [0.4, 0.5) is 13.2 Å². The lowest BCUT2D eigenvalue weighted by Gasteiger charge is -2.09. The molecule has 2 aromatic heterocycles. The number of hydrogen-bond donors (Lipinski definition) is 1. The number of carboxylic acids is 1. The van der Waals surface area contributed by atoms with E-state index in [9.17, 15) is 18.0 Å². The lowest BCUT2D eigenvalue weighted by molar-refractivity contribution is -0.141. The summed E-state index contributed by atoms with van der Waals surface area (Å²) in [6, 6.07) is 3.78. The fourth-order valence-electron chi connectivity index (χ4n) is 1.88. The number of nitrogens with zero attached hydrogens (tertiary/aromatic N) is 3. The fourth-order valence-corrected chi connectivity index (χ4v) is 1.88. The van der Waals surface area contributed by atoms with E-state index >= 15 is 0 Å². The van der Waals surface area contributed by atoms with Crippen LogP contribution in [0.15, 0.2) is 24.4 Å². The van der Waals surface area contributed by atoms with Gasteiger partial charge in [0.05, 0.1) is 6.54 Å². The highest BCUT2D eigenvalue weighted by atomic mass is 19.4. The van der Waals surface area contributed by atoms with E-state index in [0.717, 1.165) is 12.3 Å². The highest BCUT2D eigenvalue weighted by Crippen LogP contribution is 2.27. The van der Waals surface area contributed by atoms with E-state index in [4.69, 9.17) is 5.11 Å². The van der Waals surface area contributed by atoms with E-state index in [-0.39, 0.29) is 12.2 Å². The fraction of sp³-hybridized carbons (Fsp3) is 0.308. The van der Waals surface area contributed by atoms with E-state index in [2.05, 4.69) is 10.1 Å². The number of alkyl halides is 3. The van der Waals surface area contributed by atoms with Crippen LogP contribution in [0.1, 0.15) is 34.4 Å². The van der Waals surface area contributed by atoms with Crippen LogP contribution >= 0.6 is 0 Å². The second-order valence-corrected chi connectivity index (χ2v) is 4.38. The van der Waals surface area contributed by atoms with Gasteiger partial charge in [-0.3, -0.25) is 9.67 Å². The summed E-state index contributed by atoms with van der Waals surface area (Å²) in [7, 11) is 0. The van der Waals surface area contributed by atoms with Crippen molar-refractivity contribution in [1.29, 1.82) is 0 Å². The van der Waals surface area contributed by atoms with Crippen LogP contribution in [0.3, 0.4) is 0 Å². The molecule has 1 N–H and O–H groups in total. The lowest BCUT2D eigenvalue weighted by atomic mass is 10.2. The maximum Gasteiger partial charge on any atom is 0.433 e. The molecular weight excluding hydrogens is 287 g/mol. The third-order valence-corrected chi connectivity index (χ3v) is 2.89. The van der Waals surface area contributed by atoms with Crippen molar-refractivity contribution in [3.63, 3.8) is 0 Å². The molecule has 2 heterocycles. The van der Waals surface area contributed by atoms with Gasteiger partial charge in [0.15, 0.2) is 5.69 Å². The van der Waals surface area contributed by atoms with Crippen molar-refractivity contribution in [2.75, 3.05) is 0 Å². The van der Waals surface area contributed by atoms with Crippen LogP contribution in [0.2, 0.25) is 0 Å². The van der Waals surface area contributed by atoms with Crippen molar-refractivity contribution in [1.82, 2.24) is 14.8 Å². The van der Waals surface area contributed by atoms with Gasteiger partial charge in [0, 0.05) is 11.9 Å². The molecule has 0 aliphatic rings. The first-order valence-corrected chi connectivity index (χ1v) is 6.13. The predicted octanol–water partition coefficient (Wildman–Crippen LogP) is 2.61. The lowest BCUT2D eigenvalue weighted by Crippen LogP contribution is -2.11. The quantitative estimate of drug-likeness (QED) is 0.942. The summed E-state index contributed by atoms with van der Waals surface area (Å²) in [6.07, 6.45) is -2.91. The van der Waals surface area contributed by atoms with Crippen LogP contribution in [-0.4, -0.2) is 25.8 Å². The molecule has 8 heteroatoms. The molecule has 0 spiro atoms. The molecule has 21 heavy (non-hydrogen) atoms. The summed E-state index contributed by atoms with van der Waals surface area (Å²) in [6.45, 7) is 1.87. The molecule has 0 bridgehead atoms. The largest absolute Gasteiger partial charge is 0.476 e. The average molecular weight is 299 g/mol. The average Bonchev–Trinajstić information content (AvgIpc) is 2.81. The van der Waals surface area contributed by atoms with Gasteiger partial charge < -0.3 is 5.11 Å². The van der Waals surface area contributed by atoms with E-state index in [1.807, 2.05) is 6.92 Å². The van der Waals surface area contributed by atoms with Gasteiger partial charge in [-0.05, 0) is 30.2 Å². The highest BCUT2D eigenvalue weighted by Gasteiger charge is 2.32. The molecule has 0 amide bonds. The normalized spacial score (nSPS) is 11.6. The summed E-state index contributed by atoms with van der Waals surface area (Å²) in [5, 5.41) is 12.8. The van der Waals surface area contributed by atoms with E-state index in [1.165, 1.54) is 16.8 Å². The predicted molar refractivity (Wildman–Crippen MR) is 66.9 cm³/mol. The van der Waals surface area contributed by atoms with Crippen molar-refractivity contribution >= 4 is 5.97 Å². The van der Waals surface area contributed by atoms with Crippen LogP contribution in [-0.2, 0) is 19.1 Å². The Bertz CT molecular complexity index is 665. The third-order valence-electron chi connectivity index (χ3n) is 2.89. The Kier molecular flexibility index (Phi) is 3.97. The summed E-state index contributed by atoms with van der Waals surface area (Å²) in [4.78, 5) is 14.2. The minimum atomic E-state index is -4.51. The Morgan fingerprint density at radius 2 is 2.10 bits per heavy atom. The Hall–Kier alpha value is -2.38. The third kappa shape index (κ3) is 3.39. The van der Waals surface area contributed by atoms with Gasteiger partial charge in [-0.1, -0.05) is 6.92 Å². The van der Waals surface area contributed by atoms with Crippen LogP contribution in [0.25, 0.3) is 0 Å². The molecule has 0 fully saturated rings. The van der Waals surface area contributed by atoms with Crippen LogP contribution in [0.5, 0.6) is 0 Å². The number of aryl methyl sites for hydroxylation is 1. The molecule has 0 saturated carbocycles. The molecule has 0 aromatic carbocycles. The van der Waals surface area contributed by atoms with Crippen molar-refractivity contribution < 1.29 is 23.1 Å². The molecular formula is C13H12F3N3O2. The van der Waals surface area contributed by atoms with Crippen LogP contribution in [0, 0.1) is 0 Å². The maximum absolute atomic E-state index is 12.6. The highest BCUT2D eigenvalue weighted by molar-refractivity contribution is 5.85. The van der Waals surface area contributed by atoms with Gasteiger partial charge in [-0.2, -0.15) is 18.3 Å². The zero-order valence-electron chi connectivity index (χ0n) is 11.1. The van der Waals surface area contributed by atoms with E-state index < -0.39 is 17.8 Å². The molecule has 0 aliphatic heterocycles. The number of aromatic nitrogens is 3. The zero-order valence-corrected chi connectivity index (χ0v) is 11.1. The number of carboxylic acid groups (broad SMARTS) is 1. The summed E-state index contributed by atoms with van der Waals surface area (Å²) >= 11 is 0.